The molecule has 2 aliphatic carbocycles. The summed E-state index contributed by atoms with van der Waals surface area (Å²) in [6, 6.07) is 4.52. The number of hydrogen-bond acceptors (Lipinski definition) is 7. The standard InChI is InChI=1S/C19H16O7/c1-26-11-4-2-3-8-13(11)19(25)15-14(16(8)22)17(23)9-5-7(20)6-10(21)12(9)18(15)24/h2-4,7,10,20-21,23-24H,5-6H2,1H3. The molecule has 0 amide bonds. The van der Waals surface area contributed by atoms with E-state index in [1.165, 1.54) is 19.2 Å². The summed E-state index contributed by atoms with van der Waals surface area (Å²) in [4.78, 5) is 26.0. The molecule has 0 heterocycles. The second kappa shape index (κ2) is 5.55. The number of fused-ring (bicyclic) bond motifs is 3. The largest absolute Gasteiger partial charge is 0.507 e. The molecular formula is C19H16O7. The van der Waals surface area contributed by atoms with E-state index in [0.717, 1.165) is 0 Å². The van der Waals surface area contributed by atoms with Gasteiger partial charge in [-0.2, -0.15) is 0 Å². The lowest BCUT2D eigenvalue weighted by molar-refractivity contribution is 0.0653. The van der Waals surface area contributed by atoms with Crippen molar-refractivity contribution in [2.24, 2.45) is 0 Å². The highest BCUT2D eigenvalue weighted by atomic mass is 16.5. The minimum atomic E-state index is -1.26. The lowest BCUT2D eigenvalue weighted by Gasteiger charge is -2.30. The van der Waals surface area contributed by atoms with Crippen molar-refractivity contribution < 1.29 is 34.8 Å². The van der Waals surface area contributed by atoms with Crippen molar-refractivity contribution in [1.29, 1.82) is 0 Å². The molecule has 2 atom stereocenters. The van der Waals surface area contributed by atoms with Crippen molar-refractivity contribution in [1.82, 2.24) is 0 Å². The number of phenolic OH excluding ortho intramolecular Hbond substituents is 2. The SMILES string of the molecule is COc1cccc2c1C(=O)c1c(O)c3c(c(O)c1C2=O)CC(O)CC3O. The highest BCUT2D eigenvalue weighted by molar-refractivity contribution is 6.31. The maximum absolute atomic E-state index is 13.0. The molecule has 0 radical (unpaired) electrons. The highest BCUT2D eigenvalue weighted by Crippen LogP contribution is 2.49. The van der Waals surface area contributed by atoms with Crippen LogP contribution in [-0.4, -0.2) is 45.2 Å². The first-order valence-electron chi connectivity index (χ1n) is 8.10. The average molecular weight is 356 g/mol. The van der Waals surface area contributed by atoms with Crippen LogP contribution in [0.4, 0.5) is 0 Å². The normalized spacial score (nSPS) is 21.0. The Kier molecular flexibility index (Phi) is 3.54. The van der Waals surface area contributed by atoms with Crippen LogP contribution in [0.5, 0.6) is 17.2 Å². The van der Waals surface area contributed by atoms with Crippen molar-refractivity contribution in [3.8, 4) is 17.2 Å². The van der Waals surface area contributed by atoms with E-state index in [1.54, 1.807) is 6.07 Å². The van der Waals surface area contributed by atoms with Crippen LogP contribution < -0.4 is 4.74 Å². The van der Waals surface area contributed by atoms with E-state index < -0.39 is 35.3 Å². The summed E-state index contributed by atoms with van der Waals surface area (Å²) in [6.45, 7) is 0. The molecule has 4 N–H and O–H groups in total. The number of aromatic hydroxyl groups is 2. The number of aliphatic hydroxyl groups excluding tert-OH is 2. The lowest BCUT2D eigenvalue weighted by atomic mass is 9.76. The molecule has 0 bridgehead atoms. The summed E-state index contributed by atoms with van der Waals surface area (Å²) in [6.07, 6.45) is -2.26. The van der Waals surface area contributed by atoms with Crippen LogP contribution in [0.2, 0.25) is 0 Å². The molecule has 0 saturated heterocycles. The minimum absolute atomic E-state index is 0.00693. The summed E-state index contributed by atoms with van der Waals surface area (Å²) in [5.41, 5.74) is -0.529. The fraction of sp³-hybridized carbons (Fsp3) is 0.263. The van der Waals surface area contributed by atoms with Crippen LogP contribution in [0.3, 0.4) is 0 Å². The quantitative estimate of drug-likeness (QED) is 0.483. The van der Waals surface area contributed by atoms with Gasteiger partial charge in [-0.3, -0.25) is 9.59 Å². The van der Waals surface area contributed by atoms with Gasteiger partial charge in [-0.15, -0.1) is 0 Å². The smallest absolute Gasteiger partial charge is 0.202 e. The van der Waals surface area contributed by atoms with Crippen LogP contribution in [0, 0.1) is 0 Å². The molecule has 4 rings (SSSR count). The summed E-state index contributed by atoms with van der Waals surface area (Å²) < 4.78 is 5.16. The Hall–Kier alpha value is -2.90. The number of benzene rings is 2. The van der Waals surface area contributed by atoms with Crippen LogP contribution >= 0.6 is 0 Å². The molecule has 2 aliphatic rings. The van der Waals surface area contributed by atoms with Crippen LogP contribution in [0.25, 0.3) is 0 Å². The fourth-order valence-corrected chi connectivity index (χ4v) is 3.88. The van der Waals surface area contributed by atoms with Crippen LogP contribution in [0.1, 0.15) is 55.5 Å². The molecule has 0 spiro atoms. The second-order valence-electron chi connectivity index (χ2n) is 6.49. The molecule has 2 aromatic carbocycles. The van der Waals surface area contributed by atoms with E-state index in [4.69, 9.17) is 4.74 Å². The van der Waals surface area contributed by atoms with E-state index in [-0.39, 0.29) is 52.0 Å². The third-order valence-electron chi connectivity index (χ3n) is 5.03. The van der Waals surface area contributed by atoms with Gasteiger partial charge in [0.1, 0.15) is 17.2 Å². The lowest BCUT2D eigenvalue weighted by Crippen LogP contribution is -2.27. The van der Waals surface area contributed by atoms with E-state index in [0.29, 0.717) is 0 Å². The number of hydrogen-bond donors (Lipinski definition) is 4. The van der Waals surface area contributed by atoms with Gasteiger partial charge in [0.05, 0.1) is 36.0 Å². The Morgan fingerprint density at radius 3 is 2.38 bits per heavy atom. The second-order valence-corrected chi connectivity index (χ2v) is 6.49. The first kappa shape index (κ1) is 16.6. The van der Waals surface area contributed by atoms with Gasteiger partial charge >= 0.3 is 0 Å². The zero-order valence-electron chi connectivity index (χ0n) is 13.8. The number of aliphatic hydroxyl groups is 2. The monoisotopic (exact) mass is 356 g/mol. The summed E-state index contributed by atoms with van der Waals surface area (Å²) in [5, 5.41) is 41.4. The first-order valence-corrected chi connectivity index (χ1v) is 8.10. The number of carbonyl (C=O) groups excluding carboxylic acids is 2. The van der Waals surface area contributed by atoms with Gasteiger partial charge in [-0.25, -0.2) is 0 Å². The number of rotatable bonds is 1. The number of ketones is 2. The summed E-state index contributed by atoms with van der Waals surface area (Å²) in [5.74, 6) is -2.14. The molecule has 7 nitrogen and oxygen atoms in total. The molecule has 134 valence electrons. The van der Waals surface area contributed by atoms with E-state index in [9.17, 15) is 30.0 Å². The molecular weight excluding hydrogens is 340 g/mol. The zero-order valence-corrected chi connectivity index (χ0v) is 13.8. The number of methoxy groups -OCH3 is 1. The molecule has 0 fully saturated rings. The zero-order chi connectivity index (χ0) is 18.7. The maximum atomic E-state index is 13.0. The van der Waals surface area contributed by atoms with Crippen molar-refractivity contribution in [3.05, 3.63) is 51.6 Å². The van der Waals surface area contributed by atoms with Crippen molar-refractivity contribution in [3.63, 3.8) is 0 Å². The average Bonchev–Trinajstić information content (AvgIpc) is 2.61. The predicted molar refractivity (Wildman–Crippen MR) is 88.9 cm³/mol. The number of phenols is 2. The molecule has 0 aromatic heterocycles. The van der Waals surface area contributed by atoms with Gasteiger partial charge in [0.15, 0.2) is 5.78 Å². The summed E-state index contributed by atoms with van der Waals surface area (Å²) >= 11 is 0. The topological polar surface area (TPSA) is 124 Å². The predicted octanol–water partition coefficient (Wildman–Crippen LogP) is 1.22. The van der Waals surface area contributed by atoms with E-state index in [1.807, 2.05) is 0 Å². The Labute approximate surface area is 148 Å². The first-order chi connectivity index (χ1) is 12.4. The highest BCUT2D eigenvalue weighted by Gasteiger charge is 2.41. The molecule has 0 saturated carbocycles. The molecule has 7 heteroatoms. The minimum Gasteiger partial charge on any atom is -0.507 e. The van der Waals surface area contributed by atoms with Gasteiger partial charge < -0.3 is 25.2 Å². The van der Waals surface area contributed by atoms with E-state index in [2.05, 4.69) is 0 Å². The number of ether oxygens (including phenoxy) is 1. The third-order valence-corrected chi connectivity index (χ3v) is 5.03. The Balaban J connectivity index is 2.07. The van der Waals surface area contributed by atoms with Gasteiger partial charge in [-0.05, 0) is 6.07 Å². The van der Waals surface area contributed by atoms with Crippen molar-refractivity contribution in [2.75, 3.05) is 7.11 Å². The van der Waals surface area contributed by atoms with Gasteiger partial charge in [0.2, 0.25) is 5.78 Å². The molecule has 2 aromatic rings. The van der Waals surface area contributed by atoms with Crippen LogP contribution in [-0.2, 0) is 6.42 Å². The Morgan fingerprint density at radius 2 is 1.69 bits per heavy atom. The van der Waals surface area contributed by atoms with Crippen LogP contribution in [0.15, 0.2) is 18.2 Å². The molecule has 2 unspecified atom stereocenters. The van der Waals surface area contributed by atoms with Crippen molar-refractivity contribution >= 4 is 11.6 Å². The third kappa shape index (κ3) is 2.01. The Morgan fingerprint density at radius 1 is 1.00 bits per heavy atom. The van der Waals surface area contributed by atoms with Crippen molar-refractivity contribution in [2.45, 2.75) is 25.0 Å². The van der Waals surface area contributed by atoms with Gasteiger partial charge in [0, 0.05) is 29.5 Å². The Bertz CT molecular complexity index is 977. The molecule has 0 aliphatic heterocycles. The van der Waals surface area contributed by atoms with Gasteiger partial charge in [0.25, 0.3) is 0 Å². The maximum Gasteiger partial charge on any atom is 0.202 e. The molecule has 26 heavy (non-hydrogen) atoms. The van der Waals surface area contributed by atoms with E-state index >= 15 is 0 Å². The van der Waals surface area contributed by atoms with Gasteiger partial charge in [-0.1, -0.05) is 12.1 Å². The number of carbonyl (C=O) groups is 2. The fourth-order valence-electron chi connectivity index (χ4n) is 3.88. The summed E-state index contributed by atoms with van der Waals surface area (Å²) in [7, 11) is 1.36.